The fraction of sp³-hybridized carbons (Fsp3) is 0.400. The summed E-state index contributed by atoms with van der Waals surface area (Å²) in [5.41, 5.74) is 1.69. The molecule has 0 bridgehead atoms. The highest BCUT2D eigenvalue weighted by atomic mass is 16.5. The van der Waals surface area contributed by atoms with Gasteiger partial charge in [-0.1, -0.05) is 13.8 Å². The number of benzene rings is 1. The van der Waals surface area contributed by atoms with Gasteiger partial charge in [-0.15, -0.1) is 0 Å². The SMILES string of the molecule is CCN(CC)C(C(=O)O)c1c[nH]c2ccc(OC)cc12. The molecule has 108 valence electrons. The number of nitrogens with zero attached hydrogens (tertiary/aromatic N) is 1. The monoisotopic (exact) mass is 276 g/mol. The summed E-state index contributed by atoms with van der Waals surface area (Å²) in [5.74, 6) is -0.112. The largest absolute Gasteiger partial charge is 0.497 e. The first kappa shape index (κ1) is 14.4. The molecule has 0 amide bonds. The minimum atomic E-state index is -0.836. The predicted octanol–water partition coefficient (Wildman–Crippen LogP) is 2.64. The summed E-state index contributed by atoms with van der Waals surface area (Å²) < 4.78 is 5.23. The topological polar surface area (TPSA) is 65.6 Å². The number of methoxy groups -OCH3 is 1. The fourth-order valence-corrected chi connectivity index (χ4v) is 2.55. The van der Waals surface area contributed by atoms with E-state index in [1.807, 2.05) is 36.9 Å². The van der Waals surface area contributed by atoms with Gasteiger partial charge in [0.1, 0.15) is 11.8 Å². The van der Waals surface area contributed by atoms with Gasteiger partial charge in [-0.05, 0) is 31.3 Å². The fourth-order valence-electron chi connectivity index (χ4n) is 2.55. The van der Waals surface area contributed by atoms with Crippen LogP contribution in [0.3, 0.4) is 0 Å². The number of hydrogen-bond donors (Lipinski definition) is 2. The average molecular weight is 276 g/mol. The zero-order valence-corrected chi connectivity index (χ0v) is 12.0. The van der Waals surface area contributed by atoms with E-state index in [1.54, 1.807) is 13.3 Å². The number of aromatic nitrogens is 1. The molecule has 1 aromatic heterocycles. The van der Waals surface area contributed by atoms with E-state index in [4.69, 9.17) is 4.74 Å². The molecule has 1 heterocycles. The number of carboxylic acids is 1. The molecule has 5 nitrogen and oxygen atoms in total. The number of likely N-dealkylation sites (N-methyl/N-ethyl adjacent to an activating group) is 1. The van der Waals surface area contributed by atoms with Crippen LogP contribution in [0.25, 0.3) is 10.9 Å². The predicted molar refractivity (Wildman–Crippen MR) is 78.1 cm³/mol. The third kappa shape index (κ3) is 2.49. The van der Waals surface area contributed by atoms with Gasteiger partial charge in [0.15, 0.2) is 0 Å². The first-order chi connectivity index (χ1) is 9.62. The lowest BCUT2D eigenvalue weighted by molar-refractivity contribution is -0.143. The molecule has 0 aliphatic heterocycles. The summed E-state index contributed by atoms with van der Waals surface area (Å²) in [6, 6.07) is 4.99. The highest BCUT2D eigenvalue weighted by Gasteiger charge is 2.27. The lowest BCUT2D eigenvalue weighted by Crippen LogP contribution is -2.33. The molecule has 0 saturated heterocycles. The Morgan fingerprint density at radius 3 is 2.65 bits per heavy atom. The molecule has 2 aromatic rings. The van der Waals surface area contributed by atoms with Gasteiger partial charge in [-0.2, -0.15) is 0 Å². The van der Waals surface area contributed by atoms with Crippen molar-refractivity contribution in [3.05, 3.63) is 30.0 Å². The Labute approximate surface area is 118 Å². The van der Waals surface area contributed by atoms with E-state index >= 15 is 0 Å². The van der Waals surface area contributed by atoms with Crippen LogP contribution in [0, 0.1) is 0 Å². The van der Waals surface area contributed by atoms with E-state index in [0.717, 1.165) is 22.2 Å². The summed E-state index contributed by atoms with van der Waals surface area (Å²) in [4.78, 5) is 16.7. The van der Waals surface area contributed by atoms with Gasteiger partial charge >= 0.3 is 5.97 Å². The second kappa shape index (κ2) is 5.96. The molecule has 0 aliphatic rings. The van der Waals surface area contributed by atoms with Gasteiger partial charge in [0.05, 0.1) is 7.11 Å². The number of hydrogen-bond acceptors (Lipinski definition) is 3. The number of aliphatic carboxylic acids is 1. The van der Waals surface area contributed by atoms with Crippen molar-refractivity contribution in [2.45, 2.75) is 19.9 Å². The maximum absolute atomic E-state index is 11.7. The first-order valence-corrected chi connectivity index (χ1v) is 6.74. The van der Waals surface area contributed by atoms with E-state index in [1.165, 1.54) is 0 Å². The van der Waals surface area contributed by atoms with Gasteiger partial charge in [-0.25, -0.2) is 0 Å². The number of carbonyl (C=O) groups is 1. The molecular weight excluding hydrogens is 256 g/mol. The van der Waals surface area contributed by atoms with E-state index in [0.29, 0.717) is 13.1 Å². The van der Waals surface area contributed by atoms with Crippen LogP contribution in [-0.2, 0) is 4.79 Å². The third-order valence-electron chi connectivity index (χ3n) is 3.63. The van der Waals surface area contributed by atoms with E-state index < -0.39 is 12.0 Å². The van der Waals surface area contributed by atoms with Crippen LogP contribution in [0.4, 0.5) is 0 Å². The van der Waals surface area contributed by atoms with Crippen molar-refractivity contribution in [3.63, 3.8) is 0 Å². The number of carboxylic acid groups (broad SMARTS) is 1. The molecule has 0 radical (unpaired) electrons. The minimum Gasteiger partial charge on any atom is -0.497 e. The van der Waals surface area contributed by atoms with Gasteiger partial charge in [0, 0.05) is 22.7 Å². The molecule has 5 heteroatoms. The molecule has 1 aromatic carbocycles. The highest BCUT2D eigenvalue weighted by Crippen LogP contribution is 2.31. The third-order valence-corrected chi connectivity index (χ3v) is 3.63. The van der Waals surface area contributed by atoms with Gasteiger partial charge < -0.3 is 14.8 Å². The Balaban J connectivity index is 2.55. The number of H-pyrrole nitrogens is 1. The van der Waals surface area contributed by atoms with Crippen molar-refractivity contribution in [2.24, 2.45) is 0 Å². The van der Waals surface area contributed by atoms with Crippen LogP contribution in [0.1, 0.15) is 25.5 Å². The minimum absolute atomic E-state index is 0.647. The Morgan fingerprint density at radius 1 is 1.40 bits per heavy atom. The Morgan fingerprint density at radius 2 is 2.10 bits per heavy atom. The van der Waals surface area contributed by atoms with Gasteiger partial charge in [-0.3, -0.25) is 9.69 Å². The van der Waals surface area contributed by atoms with Crippen LogP contribution in [-0.4, -0.2) is 41.2 Å². The lowest BCUT2D eigenvalue weighted by Gasteiger charge is -2.25. The van der Waals surface area contributed by atoms with Crippen molar-refractivity contribution in [2.75, 3.05) is 20.2 Å². The van der Waals surface area contributed by atoms with Gasteiger partial charge in [0.2, 0.25) is 0 Å². The van der Waals surface area contributed by atoms with E-state index in [2.05, 4.69) is 4.98 Å². The number of nitrogens with one attached hydrogen (secondary N) is 1. The zero-order valence-electron chi connectivity index (χ0n) is 12.0. The maximum Gasteiger partial charge on any atom is 0.325 e. The average Bonchev–Trinajstić information content (AvgIpc) is 2.86. The number of ether oxygens (including phenoxy) is 1. The molecular formula is C15H20N2O3. The smallest absolute Gasteiger partial charge is 0.325 e. The molecule has 2 rings (SSSR count). The van der Waals surface area contributed by atoms with Crippen LogP contribution in [0.2, 0.25) is 0 Å². The van der Waals surface area contributed by atoms with E-state index in [9.17, 15) is 9.90 Å². The van der Waals surface area contributed by atoms with Crippen LogP contribution >= 0.6 is 0 Å². The summed E-state index contributed by atoms with van der Waals surface area (Å²) in [5, 5.41) is 10.5. The second-order valence-corrected chi connectivity index (χ2v) is 4.62. The molecule has 1 unspecified atom stereocenters. The molecule has 20 heavy (non-hydrogen) atoms. The van der Waals surface area contributed by atoms with Gasteiger partial charge in [0.25, 0.3) is 0 Å². The zero-order chi connectivity index (χ0) is 14.7. The van der Waals surface area contributed by atoms with Crippen LogP contribution in [0.5, 0.6) is 5.75 Å². The van der Waals surface area contributed by atoms with Crippen LogP contribution < -0.4 is 4.74 Å². The summed E-state index contributed by atoms with van der Waals surface area (Å²) >= 11 is 0. The van der Waals surface area contributed by atoms with Crippen molar-refractivity contribution >= 4 is 16.9 Å². The molecule has 0 aliphatic carbocycles. The standard InChI is InChI=1S/C15H20N2O3/c1-4-17(5-2)14(15(18)19)12-9-16-13-7-6-10(20-3)8-11(12)13/h6-9,14,16H,4-5H2,1-3H3,(H,18,19). The van der Waals surface area contributed by atoms with E-state index in [-0.39, 0.29) is 0 Å². The lowest BCUT2D eigenvalue weighted by atomic mass is 10.0. The normalized spacial score (nSPS) is 12.8. The summed E-state index contributed by atoms with van der Waals surface area (Å²) in [6.07, 6.45) is 1.78. The van der Waals surface area contributed by atoms with Crippen molar-refractivity contribution < 1.29 is 14.6 Å². The Hall–Kier alpha value is -2.01. The molecule has 0 spiro atoms. The molecule has 2 N–H and O–H groups in total. The Kier molecular flexibility index (Phi) is 4.29. The first-order valence-electron chi connectivity index (χ1n) is 6.74. The summed E-state index contributed by atoms with van der Waals surface area (Å²) in [6.45, 7) is 5.30. The molecule has 0 fully saturated rings. The summed E-state index contributed by atoms with van der Waals surface area (Å²) in [7, 11) is 1.60. The quantitative estimate of drug-likeness (QED) is 0.851. The number of rotatable bonds is 6. The molecule has 1 atom stereocenters. The number of aromatic amines is 1. The molecule has 0 saturated carbocycles. The van der Waals surface area contributed by atoms with Crippen molar-refractivity contribution in [1.29, 1.82) is 0 Å². The Bertz CT molecular complexity index is 602. The maximum atomic E-state index is 11.7. The van der Waals surface area contributed by atoms with Crippen LogP contribution in [0.15, 0.2) is 24.4 Å². The number of fused-ring (bicyclic) bond motifs is 1. The highest BCUT2D eigenvalue weighted by molar-refractivity contribution is 5.90. The second-order valence-electron chi connectivity index (χ2n) is 4.62. The van der Waals surface area contributed by atoms with Crippen molar-refractivity contribution in [1.82, 2.24) is 9.88 Å². The van der Waals surface area contributed by atoms with Crippen molar-refractivity contribution in [3.8, 4) is 5.75 Å².